The van der Waals surface area contributed by atoms with Crippen LogP contribution >= 0.6 is 0 Å². The number of hydrogen-bond donors (Lipinski definition) is 2. The third kappa shape index (κ3) is 5.39. The number of aromatic nitrogens is 1. The molecule has 1 atom stereocenters. The number of nitrogens with one attached hydrogen (secondary N) is 1. The Kier molecular flexibility index (Phi) is 6.92. The van der Waals surface area contributed by atoms with Crippen molar-refractivity contribution < 1.29 is 14.3 Å². The van der Waals surface area contributed by atoms with E-state index < -0.39 is 5.92 Å². The van der Waals surface area contributed by atoms with Crippen molar-refractivity contribution in [2.75, 3.05) is 11.9 Å². The van der Waals surface area contributed by atoms with Crippen molar-refractivity contribution in [2.24, 2.45) is 5.73 Å². The molecule has 0 saturated heterocycles. The quantitative estimate of drug-likeness (QED) is 0.570. The van der Waals surface area contributed by atoms with E-state index in [4.69, 9.17) is 10.5 Å². The Hall–Kier alpha value is -3.25. The largest absolute Gasteiger partial charge is 0.461 e. The molecular formula is C23H25N3O3. The van der Waals surface area contributed by atoms with Gasteiger partial charge in [0.15, 0.2) is 0 Å². The molecule has 0 fully saturated rings. The summed E-state index contributed by atoms with van der Waals surface area (Å²) in [6, 6.07) is 15.0. The van der Waals surface area contributed by atoms with E-state index in [2.05, 4.69) is 10.3 Å². The zero-order valence-corrected chi connectivity index (χ0v) is 16.4. The zero-order chi connectivity index (χ0) is 20.6. The molecule has 3 aromatic rings. The minimum Gasteiger partial charge on any atom is -0.461 e. The first-order valence-electron chi connectivity index (χ1n) is 9.70. The van der Waals surface area contributed by atoms with E-state index >= 15 is 0 Å². The first kappa shape index (κ1) is 20.5. The average Bonchev–Trinajstić information content (AvgIpc) is 2.74. The Morgan fingerprint density at radius 3 is 2.62 bits per heavy atom. The highest BCUT2D eigenvalue weighted by atomic mass is 16.5. The predicted octanol–water partition coefficient (Wildman–Crippen LogP) is 3.76. The fourth-order valence-corrected chi connectivity index (χ4v) is 3.07. The van der Waals surface area contributed by atoms with Gasteiger partial charge < -0.3 is 15.8 Å². The highest BCUT2D eigenvalue weighted by Gasteiger charge is 2.19. The maximum absolute atomic E-state index is 12.8. The Labute approximate surface area is 170 Å². The van der Waals surface area contributed by atoms with Gasteiger partial charge in [-0.1, -0.05) is 37.3 Å². The monoisotopic (exact) mass is 391 g/mol. The van der Waals surface area contributed by atoms with Crippen LogP contribution in [0.1, 0.15) is 36.8 Å². The Morgan fingerprint density at radius 2 is 1.90 bits per heavy atom. The molecule has 0 aliphatic carbocycles. The van der Waals surface area contributed by atoms with Crippen molar-refractivity contribution >= 4 is 28.3 Å². The number of esters is 1. The highest BCUT2D eigenvalue weighted by Crippen LogP contribution is 2.22. The second-order valence-electron chi connectivity index (χ2n) is 6.87. The molecule has 150 valence electrons. The molecule has 6 heteroatoms. The number of nitrogens with zero attached hydrogens (tertiary/aromatic N) is 1. The van der Waals surface area contributed by atoms with Crippen molar-refractivity contribution in [3.63, 3.8) is 0 Å². The standard InChI is InChI=1S/C23H25N3O3/c1-2-3-22(27)29-15-16-4-6-17(7-5-16)21(13-24)23(28)26-20-9-8-19-14-25-11-10-18(19)12-20/h4-12,14,21H,2-3,13,15,24H2,1H3,(H,26,28). The van der Waals surface area contributed by atoms with E-state index in [0.717, 1.165) is 28.3 Å². The van der Waals surface area contributed by atoms with Gasteiger partial charge in [0.25, 0.3) is 0 Å². The summed E-state index contributed by atoms with van der Waals surface area (Å²) in [6.45, 7) is 2.35. The van der Waals surface area contributed by atoms with Crippen molar-refractivity contribution in [1.29, 1.82) is 0 Å². The SMILES string of the molecule is CCCC(=O)OCc1ccc(C(CN)C(=O)Nc2ccc3cnccc3c2)cc1. The lowest BCUT2D eigenvalue weighted by Gasteiger charge is -2.16. The third-order valence-corrected chi connectivity index (χ3v) is 4.70. The number of carbonyl (C=O) groups is 2. The number of fused-ring (bicyclic) bond motifs is 1. The molecule has 3 rings (SSSR count). The van der Waals surface area contributed by atoms with Gasteiger partial charge in [0.1, 0.15) is 6.61 Å². The molecule has 0 spiro atoms. The van der Waals surface area contributed by atoms with E-state index in [0.29, 0.717) is 12.1 Å². The summed E-state index contributed by atoms with van der Waals surface area (Å²) in [5, 5.41) is 4.96. The van der Waals surface area contributed by atoms with Crippen LogP contribution in [0.3, 0.4) is 0 Å². The number of amides is 1. The van der Waals surface area contributed by atoms with Crippen LogP contribution in [0.5, 0.6) is 0 Å². The second kappa shape index (κ2) is 9.80. The number of anilines is 1. The maximum Gasteiger partial charge on any atom is 0.306 e. The van der Waals surface area contributed by atoms with Crippen molar-refractivity contribution in [2.45, 2.75) is 32.3 Å². The lowest BCUT2D eigenvalue weighted by molar-refractivity contribution is -0.145. The Morgan fingerprint density at radius 1 is 1.10 bits per heavy atom. The van der Waals surface area contributed by atoms with Gasteiger partial charge in [-0.25, -0.2) is 0 Å². The van der Waals surface area contributed by atoms with E-state index in [1.807, 2.05) is 55.5 Å². The van der Waals surface area contributed by atoms with Crippen LogP contribution in [0.2, 0.25) is 0 Å². The van der Waals surface area contributed by atoms with Crippen LogP contribution in [-0.2, 0) is 20.9 Å². The van der Waals surface area contributed by atoms with Crippen LogP contribution in [0.4, 0.5) is 5.69 Å². The van der Waals surface area contributed by atoms with Gasteiger partial charge in [0, 0.05) is 36.4 Å². The topological polar surface area (TPSA) is 94.3 Å². The molecule has 0 radical (unpaired) electrons. The zero-order valence-electron chi connectivity index (χ0n) is 16.4. The molecule has 0 bridgehead atoms. The van der Waals surface area contributed by atoms with Crippen LogP contribution in [-0.4, -0.2) is 23.4 Å². The van der Waals surface area contributed by atoms with Crippen molar-refractivity contribution in [3.05, 3.63) is 72.1 Å². The molecule has 0 aliphatic rings. The minimum atomic E-state index is -0.472. The number of nitrogens with two attached hydrogens (primary N) is 1. The molecule has 0 aliphatic heterocycles. The van der Waals surface area contributed by atoms with E-state index in [-0.39, 0.29) is 25.0 Å². The van der Waals surface area contributed by atoms with Gasteiger partial charge in [-0.2, -0.15) is 0 Å². The third-order valence-electron chi connectivity index (χ3n) is 4.70. The maximum atomic E-state index is 12.8. The summed E-state index contributed by atoms with van der Waals surface area (Å²) in [5.74, 6) is -0.843. The molecule has 29 heavy (non-hydrogen) atoms. The van der Waals surface area contributed by atoms with Gasteiger partial charge in [-0.05, 0) is 41.1 Å². The summed E-state index contributed by atoms with van der Waals surface area (Å²) in [6.07, 6.45) is 4.68. The van der Waals surface area contributed by atoms with Crippen LogP contribution in [0, 0.1) is 0 Å². The summed E-state index contributed by atoms with van der Waals surface area (Å²) in [4.78, 5) is 28.4. The van der Waals surface area contributed by atoms with E-state index in [1.165, 1.54) is 0 Å². The molecule has 1 unspecified atom stereocenters. The van der Waals surface area contributed by atoms with Gasteiger partial charge in [0.2, 0.25) is 5.91 Å². The number of rotatable bonds is 8. The lowest BCUT2D eigenvalue weighted by atomic mass is 9.97. The first-order valence-corrected chi connectivity index (χ1v) is 9.70. The summed E-state index contributed by atoms with van der Waals surface area (Å²) in [7, 11) is 0. The molecule has 3 N–H and O–H groups in total. The predicted molar refractivity (Wildman–Crippen MR) is 113 cm³/mol. The smallest absolute Gasteiger partial charge is 0.306 e. The first-order chi connectivity index (χ1) is 14.1. The molecule has 1 heterocycles. The molecule has 1 aromatic heterocycles. The Bertz CT molecular complexity index is 986. The minimum absolute atomic E-state index is 0.164. The van der Waals surface area contributed by atoms with Crippen LogP contribution in [0.25, 0.3) is 10.8 Å². The van der Waals surface area contributed by atoms with Gasteiger partial charge >= 0.3 is 5.97 Å². The van der Waals surface area contributed by atoms with Crippen LogP contribution in [0.15, 0.2) is 60.9 Å². The highest BCUT2D eigenvalue weighted by molar-refractivity contribution is 5.98. The second-order valence-corrected chi connectivity index (χ2v) is 6.87. The summed E-state index contributed by atoms with van der Waals surface area (Å²) >= 11 is 0. The van der Waals surface area contributed by atoms with Crippen molar-refractivity contribution in [1.82, 2.24) is 4.98 Å². The van der Waals surface area contributed by atoms with Crippen molar-refractivity contribution in [3.8, 4) is 0 Å². The normalized spacial score (nSPS) is 11.8. The number of pyridine rings is 1. The molecule has 2 aromatic carbocycles. The molecule has 0 saturated carbocycles. The van der Waals surface area contributed by atoms with E-state index in [9.17, 15) is 9.59 Å². The number of hydrogen-bond acceptors (Lipinski definition) is 5. The number of carbonyl (C=O) groups excluding carboxylic acids is 2. The van der Waals surface area contributed by atoms with E-state index in [1.54, 1.807) is 12.4 Å². The van der Waals surface area contributed by atoms with Gasteiger partial charge in [-0.3, -0.25) is 14.6 Å². The number of ether oxygens (including phenoxy) is 1. The summed E-state index contributed by atoms with van der Waals surface area (Å²) in [5.41, 5.74) is 8.29. The van der Waals surface area contributed by atoms with Crippen LogP contribution < -0.4 is 11.1 Å². The molecule has 1 amide bonds. The summed E-state index contributed by atoms with van der Waals surface area (Å²) < 4.78 is 5.21. The lowest BCUT2D eigenvalue weighted by Crippen LogP contribution is -2.27. The molecular weight excluding hydrogens is 366 g/mol. The molecule has 6 nitrogen and oxygen atoms in total. The average molecular weight is 391 g/mol. The Balaban J connectivity index is 1.66. The van der Waals surface area contributed by atoms with Gasteiger partial charge in [0.05, 0.1) is 5.92 Å². The fraction of sp³-hybridized carbons (Fsp3) is 0.261. The van der Waals surface area contributed by atoms with Gasteiger partial charge in [-0.15, -0.1) is 0 Å². The number of benzene rings is 2. The fourth-order valence-electron chi connectivity index (χ4n) is 3.07.